The Balaban J connectivity index is 2.64. The summed E-state index contributed by atoms with van der Waals surface area (Å²) >= 11 is 1.74. The maximum absolute atomic E-state index is 7.61. The van der Waals surface area contributed by atoms with Crippen LogP contribution >= 0.6 is 43.6 Å². The molecule has 2 rings (SSSR count). The van der Waals surface area contributed by atoms with E-state index in [0.717, 1.165) is 11.3 Å². The molecule has 0 aliphatic carbocycles. The van der Waals surface area contributed by atoms with Crippen LogP contribution in [0.25, 0.3) is 5.57 Å². The lowest BCUT2D eigenvalue weighted by atomic mass is 10.1. The third-order valence-corrected chi connectivity index (χ3v) is 4.75. The SMILES string of the molecule is CC1=C(C(=N)I)N=Ic2ccccc21. The first-order chi connectivity index (χ1) is 6.70. The Morgan fingerprint density at radius 2 is 2.14 bits per heavy atom. The highest BCUT2D eigenvalue weighted by molar-refractivity contribution is 14.2. The van der Waals surface area contributed by atoms with Crippen LogP contribution in [0, 0.1) is 8.98 Å². The zero-order chi connectivity index (χ0) is 10.1. The molecule has 0 radical (unpaired) electrons. The van der Waals surface area contributed by atoms with Gasteiger partial charge in [0.15, 0.2) is 0 Å². The van der Waals surface area contributed by atoms with Crippen molar-refractivity contribution in [2.75, 3.05) is 0 Å². The monoisotopic (exact) mass is 410 g/mol. The molecule has 2 nitrogen and oxygen atoms in total. The first-order valence-electron chi connectivity index (χ1n) is 4.10. The van der Waals surface area contributed by atoms with Gasteiger partial charge in [0.05, 0.1) is 0 Å². The van der Waals surface area contributed by atoms with Gasteiger partial charge in [-0.1, -0.05) is 18.2 Å². The van der Waals surface area contributed by atoms with Gasteiger partial charge in [0, 0.05) is 24.6 Å². The van der Waals surface area contributed by atoms with Gasteiger partial charge in [0.1, 0.15) is 9.42 Å². The first kappa shape index (κ1) is 10.4. The van der Waals surface area contributed by atoms with Gasteiger partial charge >= 0.3 is 0 Å². The molecule has 1 aromatic rings. The third-order valence-electron chi connectivity index (χ3n) is 2.06. The molecule has 0 bridgehead atoms. The van der Waals surface area contributed by atoms with Gasteiger partial charge in [-0.2, -0.15) is 0 Å². The second kappa shape index (κ2) is 4.18. The van der Waals surface area contributed by atoms with E-state index in [0.29, 0.717) is 3.72 Å². The van der Waals surface area contributed by atoms with Crippen LogP contribution in [0.15, 0.2) is 33.1 Å². The summed E-state index contributed by atoms with van der Waals surface area (Å²) in [5.74, 6) is 0. The predicted molar refractivity (Wildman–Crippen MR) is 75.9 cm³/mol. The van der Waals surface area contributed by atoms with E-state index in [9.17, 15) is 0 Å². The molecule has 0 atom stereocenters. The molecule has 0 aromatic heterocycles. The highest BCUT2D eigenvalue weighted by atomic mass is 127. The van der Waals surface area contributed by atoms with Gasteiger partial charge in [-0.25, -0.2) is 3.15 Å². The molecule has 72 valence electrons. The topological polar surface area (TPSA) is 36.2 Å². The van der Waals surface area contributed by atoms with Crippen LogP contribution in [0.4, 0.5) is 0 Å². The highest BCUT2D eigenvalue weighted by Gasteiger charge is 2.14. The molecule has 0 fully saturated rings. The van der Waals surface area contributed by atoms with Crippen LogP contribution < -0.4 is 0 Å². The number of benzene rings is 1. The highest BCUT2D eigenvalue weighted by Crippen LogP contribution is 2.35. The van der Waals surface area contributed by atoms with E-state index in [1.807, 2.05) is 35.6 Å². The molecule has 4 heteroatoms. The minimum absolute atomic E-state index is 0.284. The summed E-state index contributed by atoms with van der Waals surface area (Å²) in [5.41, 5.74) is 3.31. The number of nitrogens with zero attached hydrogens (tertiary/aromatic N) is 1. The van der Waals surface area contributed by atoms with Crippen molar-refractivity contribution in [3.8, 4) is 0 Å². The number of nitrogens with one attached hydrogen (secondary N) is 1. The van der Waals surface area contributed by atoms with E-state index < -0.39 is 0 Å². The number of allylic oxidation sites excluding steroid dienone is 2. The lowest BCUT2D eigenvalue weighted by Gasteiger charge is -2.12. The summed E-state index contributed by atoms with van der Waals surface area (Å²) in [6.45, 7) is 2.05. The molecule has 0 saturated carbocycles. The normalized spacial score (nSPS) is 14.7. The second-order valence-corrected chi connectivity index (χ2v) is 6.14. The van der Waals surface area contributed by atoms with E-state index >= 15 is 0 Å². The number of hydrogen-bond donors (Lipinski definition) is 1. The molecule has 0 saturated heterocycles. The van der Waals surface area contributed by atoms with E-state index in [1.165, 1.54) is 9.13 Å². The van der Waals surface area contributed by atoms with Crippen molar-refractivity contribution < 1.29 is 0 Å². The van der Waals surface area contributed by atoms with Gasteiger partial charge in [0.2, 0.25) is 0 Å². The minimum Gasteiger partial charge on any atom is -0.292 e. The Kier molecular flexibility index (Phi) is 3.10. The molecular formula is C10H8I2N2. The summed E-state index contributed by atoms with van der Waals surface area (Å²) < 4.78 is 6.43. The maximum atomic E-state index is 7.61. The largest absolute Gasteiger partial charge is 0.292 e. The number of rotatable bonds is 1. The third kappa shape index (κ3) is 1.81. The molecule has 1 heterocycles. The Bertz CT molecular complexity index is 461. The van der Waals surface area contributed by atoms with Gasteiger partial charge < -0.3 is 0 Å². The molecule has 0 amide bonds. The molecule has 1 aromatic carbocycles. The first-order valence-corrected chi connectivity index (χ1v) is 7.22. The molecule has 1 aliphatic rings. The smallest absolute Gasteiger partial charge is 0.119 e. The summed E-state index contributed by atoms with van der Waals surface area (Å²) in [6, 6.07) is 8.37. The lowest BCUT2D eigenvalue weighted by Crippen LogP contribution is -1.97. The minimum atomic E-state index is -0.284. The average Bonchev–Trinajstić information content (AvgIpc) is 2.18. The van der Waals surface area contributed by atoms with Gasteiger partial charge in [-0.05, 0) is 46.7 Å². The number of fused-ring (bicyclic) bond motifs is 1. The van der Waals surface area contributed by atoms with Gasteiger partial charge in [0.25, 0.3) is 0 Å². The van der Waals surface area contributed by atoms with Crippen molar-refractivity contribution in [1.29, 1.82) is 5.41 Å². The van der Waals surface area contributed by atoms with E-state index in [2.05, 4.69) is 21.3 Å². The van der Waals surface area contributed by atoms with Crippen molar-refractivity contribution in [3.05, 3.63) is 39.1 Å². The van der Waals surface area contributed by atoms with Gasteiger partial charge in [-0.15, -0.1) is 0 Å². The van der Waals surface area contributed by atoms with Crippen molar-refractivity contribution >= 4 is 52.9 Å². The standard InChI is InChI=1S/C10H8I2N2/c1-6-7-4-2-3-5-8(7)12-14-9(6)10(11)13/h2-5,13H,1H3. The van der Waals surface area contributed by atoms with Crippen LogP contribution in [0.5, 0.6) is 0 Å². The Morgan fingerprint density at radius 3 is 2.86 bits per heavy atom. The number of hydrogen-bond acceptors (Lipinski definition) is 2. The van der Waals surface area contributed by atoms with E-state index in [1.54, 1.807) is 0 Å². The molecule has 0 spiro atoms. The van der Waals surface area contributed by atoms with E-state index in [4.69, 9.17) is 5.41 Å². The van der Waals surface area contributed by atoms with Crippen LogP contribution in [0.1, 0.15) is 12.5 Å². The molecule has 14 heavy (non-hydrogen) atoms. The van der Waals surface area contributed by atoms with Crippen LogP contribution in [-0.4, -0.2) is 3.72 Å². The Hall–Kier alpha value is -0.110. The fourth-order valence-corrected chi connectivity index (χ4v) is 4.62. The quantitative estimate of drug-likeness (QED) is 0.534. The number of halogens is 2. The fraction of sp³-hybridized carbons (Fsp3) is 0.100. The van der Waals surface area contributed by atoms with Crippen molar-refractivity contribution in [2.45, 2.75) is 6.92 Å². The predicted octanol–water partition coefficient (Wildman–Crippen LogP) is 4.17. The zero-order valence-electron chi connectivity index (χ0n) is 7.51. The Labute approximate surface area is 107 Å². The van der Waals surface area contributed by atoms with E-state index in [-0.39, 0.29) is 21.0 Å². The molecule has 0 unspecified atom stereocenters. The maximum Gasteiger partial charge on any atom is 0.119 e. The summed E-state index contributed by atoms with van der Waals surface area (Å²) in [4.78, 5) is 0. The molecular weight excluding hydrogens is 402 g/mol. The summed E-state index contributed by atoms with van der Waals surface area (Å²) in [7, 11) is 0. The molecule has 1 aliphatic heterocycles. The average molecular weight is 410 g/mol. The van der Waals surface area contributed by atoms with Crippen molar-refractivity contribution in [2.24, 2.45) is 3.15 Å². The van der Waals surface area contributed by atoms with Crippen molar-refractivity contribution in [3.63, 3.8) is 0 Å². The van der Waals surface area contributed by atoms with Crippen LogP contribution in [-0.2, 0) is 0 Å². The lowest BCUT2D eigenvalue weighted by molar-refractivity contribution is 1.42. The second-order valence-electron chi connectivity index (χ2n) is 2.94. The van der Waals surface area contributed by atoms with Crippen molar-refractivity contribution in [1.82, 2.24) is 0 Å². The van der Waals surface area contributed by atoms with Gasteiger partial charge in [-0.3, -0.25) is 5.41 Å². The zero-order valence-corrected chi connectivity index (χ0v) is 11.8. The summed E-state index contributed by atoms with van der Waals surface area (Å²) in [6.07, 6.45) is 0. The van der Waals surface area contributed by atoms with Crippen LogP contribution in [0.2, 0.25) is 0 Å². The summed E-state index contributed by atoms with van der Waals surface area (Å²) in [5, 5.41) is 7.61. The fourth-order valence-electron chi connectivity index (χ4n) is 1.32. The Morgan fingerprint density at radius 1 is 1.43 bits per heavy atom. The molecule has 1 N–H and O–H groups in total. The van der Waals surface area contributed by atoms with Crippen LogP contribution in [0.3, 0.4) is 0 Å².